The predicted molar refractivity (Wildman–Crippen MR) is 244 cm³/mol. The highest BCUT2D eigenvalue weighted by molar-refractivity contribution is 5.69. The Balaban J connectivity index is 3.12. The molecule has 0 aliphatic carbocycles. The van der Waals surface area contributed by atoms with Crippen molar-refractivity contribution in [1.82, 2.24) is 0 Å². The van der Waals surface area contributed by atoms with Gasteiger partial charge in [-0.25, -0.2) is 0 Å². The molecule has 2 heteroatoms. The zero-order valence-electron chi connectivity index (χ0n) is 38.0. The molecule has 0 fully saturated rings. The highest BCUT2D eigenvalue weighted by Crippen LogP contribution is 2.18. The van der Waals surface area contributed by atoms with E-state index >= 15 is 0 Å². The fourth-order valence-electron chi connectivity index (χ4n) is 8.38. The standard InChI is InChI=1S/C52H104O2/c1-3-5-7-9-11-13-15-17-19-20-21-22-23-24-25-26-27-28-29-30-31-32-33-34-35-36-37-38-40-42-44-46-48-50-52(53)54-51-49-47-45-43-41-39-18-16-14-12-10-8-6-4-2/h3-51H2,1-2H3. The van der Waals surface area contributed by atoms with Crippen LogP contribution in [0.3, 0.4) is 0 Å². The molecule has 0 saturated carbocycles. The van der Waals surface area contributed by atoms with Gasteiger partial charge in [-0.2, -0.15) is 0 Å². The molecule has 0 radical (unpaired) electrons. The van der Waals surface area contributed by atoms with Crippen LogP contribution < -0.4 is 0 Å². The van der Waals surface area contributed by atoms with Crippen molar-refractivity contribution in [1.29, 1.82) is 0 Å². The Labute approximate surface area is 343 Å². The van der Waals surface area contributed by atoms with Crippen LogP contribution in [0.25, 0.3) is 0 Å². The van der Waals surface area contributed by atoms with E-state index in [1.165, 1.54) is 289 Å². The lowest BCUT2D eigenvalue weighted by molar-refractivity contribution is -0.143. The van der Waals surface area contributed by atoms with Crippen molar-refractivity contribution in [3.63, 3.8) is 0 Å². The fraction of sp³-hybridized carbons (Fsp3) is 0.981. The third-order valence-corrected chi connectivity index (χ3v) is 12.2. The number of esters is 1. The Kier molecular flexibility index (Phi) is 50.0. The molecule has 0 N–H and O–H groups in total. The van der Waals surface area contributed by atoms with Crippen LogP contribution in [0.4, 0.5) is 0 Å². The van der Waals surface area contributed by atoms with Crippen LogP contribution >= 0.6 is 0 Å². The number of rotatable bonds is 49. The summed E-state index contributed by atoms with van der Waals surface area (Å²) < 4.78 is 5.48. The average Bonchev–Trinajstić information content (AvgIpc) is 3.18. The molecule has 0 rings (SSSR count). The Bertz CT molecular complexity index is 659. The van der Waals surface area contributed by atoms with Gasteiger partial charge in [0.25, 0.3) is 0 Å². The molecular weight excluding hydrogens is 657 g/mol. The van der Waals surface area contributed by atoms with E-state index in [4.69, 9.17) is 4.74 Å². The maximum absolute atomic E-state index is 12.0. The van der Waals surface area contributed by atoms with E-state index in [0.717, 1.165) is 12.8 Å². The van der Waals surface area contributed by atoms with Gasteiger partial charge in [-0.15, -0.1) is 0 Å². The number of ether oxygens (including phenoxy) is 1. The van der Waals surface area contributed by atoms with E-state index in [1.54, 1.807) is 0 Å². The molecule has 0 bridgehead atoms. The van der Waals surface area contributed by atoms with Crippen molar-refractivity contribution in [2.45, 2.75) is 322 Å². The van der Waals surface area contributed by atoms with Gasteiger partial charge in [0.05, 0.1) is 6.61 Å². The molecule has 2 nitrogen and oxygen atoms in total. The smallest absolute Gasteiger partial charge is 0.305 e. The van der Waals surface area contributed by atoms with Gasteiger partial charge in [-0.1, -0.05) is 303 Å². The highest BCUT2D eigenvalue weighted by atomic mass is 16.5. The summed E-state index contributed by atoms with van der Waals surface area (Å²) in [6.07, 6.45) is 66.9. The molecule has 0 aromatic rings. The number of carbonyl (C=O) groups is 1. The molecular formula is C52H104O2. The summed E-state index contributed by atoms with van der Waals surface area (Å²) in [5.74, 6) is 0.0328. The predicted octanol–water partition coefficient (Wildman–Crippen LogP) is 19.3. The second-order valence-electron chi connectivity index (χ2n) is 17.9. The zero-order valence-corrected chi connectivity index (χ0v) is 38.0. The molecule has 0 aromatic carbocycles. The molecule has 324 valence electrons. The second-order valence-corrected chi connectivity index (χ2v) is 17.9. The van der Waals surface area contributed by atoms with Crippen molar-refractivity contribution in [3.05, 3.63) is 0 Å². The van der Waals surface area contributed by atoms with Gasteiger partial charge in [-0.05, 0) is 12.8 Å². The van der Waals surface area contributed by atoms with Crippen LogP contribution in [-0.4, -0.2) is 12.6 Å². The summed E-state index contributed by atoms with van der Waals surface area (Å²) in [4.78, 5) is 12.0. The Morgan fingerprint density at radius 1 is 0.241 bits per heavy atom. The quantitative estimate of drug-likeness (QED) is 0.0456. The minimum atomic E-state index is 0.0328. The number of unbranched alkanes of at least 4 members (excludes halogenated alkanes) is 45. The summed E-state index contributed by atoms with van der Waals surface area (Å²) in [5.41, 5.74) is 0. The van der Waals surface area contributed by atoms with Gasteiger partial charge < -0.3 is 4.74 Å². The highest BCUT2D eigenvalue weighted by Gasteiger charge is 2.03. The molecule has 0 heterocycles. The van der Waals surface area contributed by atoms with Crippen molar-refractivity contribution < 1.29 is 9.53 Å². The lowest BCUT2D eigenvalue weighted by atomic mass is 10.0. The molecule has 54 heavy (non-hydrogen) atoms. The number of hydrogen-bond donors (Lipinski definition) is 0. The van der Waals surface area contributed by atoms with Gasteiger partial charge in [0.2, 0.25) is 0 Å². The summed E-state index contributed by atoms with van der Waals surface area (Å²) >= 11 is 0. The Morgan fingerprint density at radius 2 is 0.407 bits per heavy atom. The van der Waals surface area contributed by atoms with Crippen LogP contribution in [0.1, 0.15) is 322 Å². The number of hydrogen-bond acceptors (Lipinski definition) is 2. The van der Waals surface area contributed by atoms with E-state index in [9.17, 15) is 4.79 Å². The third-order valence-electron chi connectivity index (χ3n) is 12.2. The van der Waals surface area contributed by atoms with Crippen LogP contribution in [-0.2, 0) is 9.53 Å². The normalized spacial score (nSPS) is 11.5. The maximum atomic E-state index is 12.0. The van der Waals surface area contributed by atoms with Gasteiger partial charge >= 0.3 is 5.97 Å². The van der Waals surface area contributed by atoms with Crippen LogP contribution in [0.5, 0.6) is 0 Å². The van der Waals surface area contributed by atoms with Gasteiger partial charge in [0.1, 0.15) is 0 Å². The first-order valence-electron chi connectivity index (χ1n) is 26.0. The summed E-state index contributed by atoms with van der Waals surface area (Å²) in [7, 11) is 0. The minimum Gasteiger partial charge on any atom is -0.466 e. The molecule has 0 unspecified atom stereocenters. The zero-order chi connectivity index (χ0) is 38.9. The van der Waals surface area contributed by atoms with E-state index in [-0.39, 0.29) is 5.97 Å². The molecule has 0 aromatic heterocycles. The van der Waals surface area contributed by atoms with Crippen LogP contribution in [0, 0.1) is 0 Å². The SMILES string of the molecule is CCCCCCCCCCCCCCCCCCCCCCCCCCCCCCCCCCCC(=O)OCCCCCCCCCCCCCCCC. The van der Waals surface area contributed by atoms with E-state index in [2.05, 4.69) is 13.8 Å². The maximum Gasteiger partial charge on any atom is 0.305 e. The molecule has 0 amide bonds. The summed E-state index contributed by atoms with van der Waals surface area (Å²) in [6, 6.07) is 0. The van der Waals surface area contributed by atoms with Crippen LogP contribution in [0.15, 0.2) is 0 Å². The minimum absolute atomic E-state index is 0.0328. The van der Waals surface area contributed by atoms with Crippen molar-refractivity contribution in [3.8, 4) is 0 Å². The van der Waals surface area contributed by atoms with E-state index in [0.29, 0.717) is 13.0 Å². The van der Waals surface area contributed by atoms with Crippen molar-refractivity contribution in [2.24, 2.45) is 0 Å². The lowest BCUT2D eigenvalue weighted by Gasteiger charge is -2.06. The topological polar surface area (TPSA) is 26.3 Å². The average molecular weight is 761 g/mol. The monoisotopic (exact) mass is 761 g/mol. The van der Waals surface area contributed by atoms with Crippen LogP contribution in [0.2, 0.25) is 0 Å². The number of carbonyl (C=O) groups excluding carboxylic acids is 1. The fourth-order valence-corrected chi connectivity index (χ4v) is 8.38. The first kappa shape index (κ1) is 53.5. The first-order valence-corrected chi connectivity index (χ1v) is 26.0. The van der Waals surface area contributed by atoms with E-state index < -0.39 is 0 Å². The summed E-state index contributed by atoms with van der Waals surface area (Å²) in [6.45, 7) is 5.23. The third kappa shape index (κ3) is 49.5. The lowest BCUT2D eigenvalue weighted by Crippen LogP contribution is -2.05. The second kappa shape index (κ2) is 50.5. The molecule has 0 spiro atoms. The van der Waals surface area contributed by atoms with Gasteiger partial charge in [-0.3, -0.25) is 4.79 Å². The van der Waals surface area contributed by atoms with Crippen molar-refractivity contribution in [2.75, 3.05) is 6.61 Å². The molecule has 0 saturated heterocycles. The Morgan fingerprint density at radius 3 is 0.611 bits per heavy atom. The van der Waals surface area contributed by atoms with Crippen molar-refractivity contribution >= 4 is 5.97 Å². The molecule has 0 atom stereocenters. The first-order chi connectivity index (χ1) is 26.8. The Hall–Kier alpha value is -0.530. The molecule has 0 aliphatic rings. The molecule has 0 aliphatic heterocycles. The van der Waals surface area contributed by atoms with Gasteiger partial charge in [0.15, 0.2) is 0 Å². The largest absolute Gasteiger partial charge is 0.466 e. The van der Waals surface area contributed by atoms with E-state index in [1.807, 2.05) is 0 Å². The van der Waals surface area contributed by atoms with Gasteiger partial charge in [0, 0.05) is 6.42 Å². The summed E-state index contributed by atoms with van der Waals surface area (Å²) in [5, 5.41) is 0.